The molecule has 1 fully saturated rings. The largest absolute Gasteiger partial charge is 0.347 e. The SMILES string of the molecule is CN(C)c1nc(CNC(=O)c2ccc(-n3cccc3)cc2)nc(N2CCCC2)n1. The van der Waals surface area contributed by atoms with Crippen LogP contribution in [0.2, 0.25) is 0 Å². The summed E-state index contributed by atoms with van der Waals surface area (Å²) >= 11 is 0. The highest BCUT2D eigenvalue weighted by atomic mass is 16.1. The quantitative estimate of drug-likeness (QED) is 0.694. The third-order valence-corrected chi connectivity index (χ3v) is 4.89. The van der Waals surface area contributed by atoms with Crippen LogP contribution in [0.1, 0.15) is 29.0 Å². The number of rotatable bonds is 6. The van der Waals surface area contributed by atoms with Crippen molar-refractivity contribution >= 4 is 17.8 Å². The molecule has 8 heteroatoms. The minimum Gasteiger partial charge on any atom is -0.347 e. The number of anilines is 2. The van der Waals surface area contributed by atoms with E-state index in [0.29, 0.717) is 23.3 Å². The number of benzene rings is 1. The second-order valence-electron chi connectivity index (χ2n) is 7.26. The van der Waals surface area contributed by atoms with Crippen LogP contribution in [-0.2, 0) is 6.54 Å². The Morgan fingerprint density at radius 2 is 1.72 bits per heavy atom. The van der Waals surface area contributed by atoms with Crippen LogP contribution in [0.3, 0.4) is 0 Å². The van der Waals surface area contributed by atoms with Gasteiger partial charge >= 0.3 is 0 Å². The molecular weight excluding hydrogens is 366 g/mol. The van der Waals surface area contributed by atoms with Crippen molar-refractivity contribution in [3.63, 3.8) is 0 Å². The Morgan fingerprint density at radius 1 is 1.03 bits per heavy atom. The topological polar surface area (TPSA) is 79.2 Å². The molecule has 4 rings (SSSR count). The fourth-order valence-corrected chi connectivity index (χ4v) is 3.29. The fourth-order valence-electron chi connectivity index (χ4n) is 3.29. The maximum atomic E-state index is 12.6. The first-order chi connectivity index (χ1) is 14.1. The second-order valence-corrected chi connectivity index (χ2v) is 7.26. The number of aromatic nitrogens is 4. The average molecular weight is 391 g/mol. The molecule has 150 valence electrons. The van der Waals surface area contributed by atoms with Crippen molar-refractivity contribution in [2.24, 2.45) is 0 Å². The van der Waals surface area contributed by atoms with E-state index in [2.05, 4.69) is 25.2 Å². The lowest BCUT2D eigenvalue weighted by Crippen LogP contribution is -2.27. The Kier molecular flexibility index (Phi) is 5.41. The number of carbonyl (C=O) groups excluding carboxylic acids is 1. The molecule has 0 saturated carbocycles. The van der Waals surface area contributed by atoms with Gasteiger partial charge in [-0.3, -0.25) is 4.79 Å². The molecule has 1 N–H and O–H groups in total. The van der Waals surface area contributed by atoms with Crippen molar-refractivity contribution in [1.29, 1.82) is 0 Å². The molecule has 0 aliphatic carbocycles. The Hall–Kier alpha value is -3.42. The summed E-state index contributed by atoms with van der Waals surface area (Å²) in [6.07, 6.45) is 6.23. The predicted octanol–water partition coefficient (Wildman–Crippen LogP) is 2.26. The monoisotopic (exact) mass is 391 g/mol. The molecule has 0 bridgehead atoms. The Bertz CT molecular complexity index is 961. The molecule has 1 aliphatic rings. The molecule has 3 heterocycles. The lowest BCUT2D eigenvalue weighted by Gasteiger charge is -2.19. The van der Waals surface area contributed by atoms with E-state index in [1.165, 1.54) is 0 Å². The van der Waals surface area contributed by atoms with Crippen LogP contribution in [0.15, 0.2) is 48.8 Å². The van der Waals surface area contributed by atoms with Crippen molar-refractivity contribution in [2.75, 3.05) is 37.0 Å². The number of carbonyl (C=O) groups is 1. The summed E-state index contributed by atoms with van der Waals surface area (Å²) in [5.41, 5.74) is 1.61. The number of nitrogens with zero attached hydrogens (tertiary/aromatic N) is 6. The second kappa shape index (κ2) is 8.30. The van der Waals surface area contributed by atoms with Gasteiger partial charge in [0.15, 0.2) is 5.82 Å². The molecule has 1 aromatic carbocycles. The molecule has 0 radical (unpaired) electrons. The maximum absolute atomic E-state index is 12.6. The summed E-state index contributed by atoms with van der Waals surface area (Å²) in [7, 11) is 3.80. The van der Waals surface area contributed by atoms with Crippen LogP contribution in [0.25, 0.3) is 5.69 Å². The van der Waals surface area contributed by atoms with E-state index in [1.54, 1.807) is 0 Å². The first-order valence-corrected chi connectivity index (χ1v) is 9.79. The summed E-state index contributed by atoms with van der Waals surface area (Å²) in [6.45, 7) is 2.16. The van der Waals surface area contributed by atoms with Gasteiger partial charge in [0.05, 0.1) is 6.54 Å². The molecule has 1 amide bonds. The zero-order chi connectivity index (χ0) is 20.2. The molecule has 29 heavy (non-hydrogen) atoms. The van der Waals surface area contributed by atoms with Crippen LogP contribution in [0.4, 0.5) is 11.9 Å². The summed E-state index contributed by atoms with van der Waals surface area (Å²) < 4.78 is 2.00. The zero-order valence-corrected chi connectivity index (χ0v) is 16.7. The van der Waals surface area contributed by atoms with Crippen LogP contribution in [-0.4, -0.2) is 52.6 Å². The number of nitrogens with one attached hydrogen (secondary N) is 1. The van der Waals surface area contributed by atoms with Crippen LogP contribution >= 0.6 is 0 Å². The smallest absolute Gasteiger partial charge is 0.251 e. The summed E-state index contributed by atoms with van der Waals surface area (Å²) in [6, 6.07) is 11.4. The molecule has 3 aromatic rings. The van der Waals surface area contributed by atoms with E-state index >= 15 is 0 Å². The summed E-state index contributed by atoms with van der Waals surface area (Å²) in [5, 5.41) is 2.92. The van der Waals surface area contributed by atoms with Gasteiger partial charge in [-0.2, -0.15) is 15.0 Å². The van der Waals surface area contributed by atoms with Gasteiger partial charge < -0.3 is 19.7 Å². The van der Waals surface area contributed by atoms with Crippen molar-refractivity contribution in [3.8, 4) is 5.69 Å². The molecule has 1 aliphatic heterocycles. The number of hydrogen-bond acceptors (Lipinski definition) is 6. The van der Waals surface area contributed by atoms with E-state index in [4.69, 9.17) is 0 Å². The fraction of sp³-hybridized carbons (Fsp3) is 0.333. The average Bonchev–Trinajstić information content (AvgIpc) is 3.46. The highest BCUT2D eigenvalue weighted by Crippen LogP contribution is 2.18. The van der Waals surface area contributed by atoms with Gasteiger partial charge in [0.25, 0.3) is 5.91 Å². The normalized spacial score (nSPS) is 13.5. The predicted molar refractivity (Wildman–Crippen MR) is 113 cm³/mol. The Balaban J connectivity index is 1.45. The van der Waals surface area contributed by atoms with Crippen LogP contribution in [0, 0.1) is 0 Å². The molecule has 2 aromatic heterocycles. The molecule has 0 spiro atoms. The highest BCUT2D eigenvalue weighted by Gasteiger charge is 2.18. The van der Waals surface area contributed by atoms with Crippen molar-refractivity contribution in [1.82, 2.24) is 24.8 Å². The third-order valence-electron chi connectivity index (χ3n) is 4.89. The number of hydrogen-bond donors (Lipinski definition) is 1. The summed E-state index contributed by atoms with van der Waals surface area (Å²) in [5.74, 6) is 1.69. The van der Waals surface area contributed by atoms with E-state index in [1.807, 2.05) is 72.4 Å². The van der Waals surface area contributed by atoms with Gasteiger partial charge in [0.2, 0.25) is 11.9 Å². The first kappa shape index (κ1) is 18.9. The Labute approximate surface area is 170 Å². The minimum atomic E-state index is -0.154. The van der Waals surface area contributed by atoms with E-state index in [9.17, 15) is 4.79 Å². The van der Waals surface area contributed by atoms with Gasteiger partial charge in [-0.15, -0.1) is 0 Å². The Morgan fingerprint density at radius 3 is 2.38 bits per heavy atom. The molecule has 0 unspecified atom stereocenters. The summed E-state index contributed by atoms with van der Waals surface area (Å²) in [4.78, 5) is 30.2. The molecule has 0 atom stereocenters. The molecular formula is C21H25N7O. The van der Waals surface area contributed by atoms with Gasteiger partial charge in [-0.1, -0.05) is 0 Å². The van der Waals surface area contributed by atoms with Crippen molar-refractivity contribution in [2.45, 2.75) is 19.4 Å². The van der Waals surface area contributed by atoms with E-state index in [0.717, 1.165) is 31.6 Å². The van der Waals surface area contributed by atoms with Crippen LogP contribution < -0.4 is 15.1 Å². The van der Waals surface area contributed by atoms with Crippen molar-refractivity contribution in [3.05, 3.63) is 60.2 Å². The van der Waals surface area contributed by atoms with Crippen LogP contribution in [0.5, 0.6) is 0 Å². The van der Waals surface area contributed by atoms with Gasteiger partial charge in [-0.25, -0.2) is 0 Å². The lowest BCUT2D eigenvalue weighted by molar-refractivity contribution is 0.0950. The van der Waals surface area contributed by atoms with E-state index < -0.39 is 0 Å². The van der Waals surface area contributed by atoms with E-state index in [-0.39, 0.29) is 12.5 Å². The van der Waals surface area contributed by atoms with Gasteiger partial charge in [-0.05, 0) is 49.2 Å². The standard InChI is InChI=1S/C21H25N7O/c1-26(2)20-23-18(24-21(25-20)28-13-5-6-14-28)15-22-19(29)16-7-9-17(10-8-16)27-11-3-4-12-27/h3-4,7-12H,5-6,13-15H2,1-2H3,(H,22,29). The number of amides is 1. The van der Waals surface area contributed by atoms with Gasteiger partial charge in [0.1, 0.15) is 0 Å². The molecule has 1 saturated heterocycles. The maximum Gasteiger partial charge on any atom is 0.251 e. The minimum absolute atomic E-state index is 0.154. The van der Waals surface area contributed by atoms with Crippen molar-refractivity contribution < 1.29 is 4.79 Å². The zero-order valence-electron chi connectivity index (χ0n) is 16.7. The highest BCUT2D eigenvalue weighted by molar-refractivity contribution is 5.94. The third kappa shape index (κ3) is 4.37. The molecule has 8 nitrogen and oxygen atoms in total. The van der Waals surface area contributed by atoms with Gasteiger partial charge in [0, 0.05) is 50.8 Å². The first-order valence-electron chi connectivity index (χ1n) is 9.79. The lowest BCUT2D eigenvalue weighted by atomic mass is 10.2.